The molecule has 0 radical (unpaired) electrons. The Morgan fingerprint density at radius 3 is 2.82 bits per heavy atom. The van der Waals surface area contributed by atoms with Gasteiger partial charge in [-0.3, -0.25) is 19.9 Å². The van der Waals surface area contributed by atoms with Gasteiger partial charge in [0.1, 0.15) is 11.0 Å². The molecular weight excluding hydrogens is 352 g/mol. The molecule has 112 valence electrons. The number of carbonyl (C=O) groups is 1. The van der Waals surface area contributed by atoms with Crippen LogP contribution in [0.3, 0.4) is 0 Å². The number of carbonyl (C=O) groups excluding carboxylic acids is 1. The first-order chi connectivity index (χ1) is 10.6. The van der Waals surface area contributed by atoms with Crippen molar-refractivity contribution in [3.63, 3.8) is 0 Å². The second-order valence-corrected chi connectivity index (χ2v) is 5.00. The van der Waals surface area contributed by atoms with E-state index < -0.39 is 5.56 Å². The van der Waals surface area contributed by atoms with E-state index in [4.69, 9.17) is 5.26 Å². The van der Waals surface area contributed by atoms with Crippen LogP contribution in [-0.4, -0.2) is 20.7 Å². The highest BCUT2D eigenvalue weighted by atomic mass is 79.9. The minimum absolute atomic E-state index is 0.144. The van der Waals surface area contributed by atoms with Gasteiger partial charge in [0, 0.05) is 18.9 Å². The molecule has 0 bridgehead atoms. The number of hydrogen-bond donors (Lipinski definition) is 2. The lowest BCUT2D eigenvalue weighted by molar-refractivity contribution is -0.122. The van der Waals surface area contributed by atoms with Crippen LogP contribution in [0, 0.1) is 11.5 Å². The van der Waals surface area contributed by atoms with Crippen molar-refractivity contribution >= 4 is 27.5 Å². The lowest BCUT2D eigenvalue weighted by Crippen LogP contribution is -2.33. The zero-order valence-corrected chi connectivity index (χ0v) is 12.9. The Bertz CT molecular complexity index is 768. The number of amides is 1. The molecule has 0 atom stereocenters. The number of nitrogens with zero attached hydrogens (tertiary/aromatic N) is 4. The molecule has 0 fully saturated rings. The first-order valence-corrected chi connectivity index (χ1v) is 6.97. The summed E-state index contributed by atoms with van der Waals surface area (Å²) in [5.41, 5.74) is 0.652. The minimum Gasteiger partial charge on any atom is -0.350 e. The predicted octanol–water partition coefficient (Wildman–Crippen LogP) is 0.610. The van der Waals surface area contributed by atoms with E-state index in [1.165, 1.54) is 6.20 Å². The first-order valence-electron chi connectivity index (χ1n) is 6.18. The van der Waals surface area contributed by atoms with Gasteiger partial charge in [-0.05, 0) is 33.6 Å². The summed E-state index contributed by atoms with van der Waals surface area (Å²) in [6.07, 6.45) is 6.26. The molecule has 0 saturated carbocycles. The second-order valence-electron chi connectivity index (χ2n) is 4.20. The number of hydrogen-bond acceptors (Lipinski definition) is 6. The Kier molecular flexibility index (Phi) is 5.21. The van der Waals surface area contributed by atoms with Crippen LogP contribution in [0.5, 0.6) is 0 Å². The van der Waals surface area contributed by atoms with E-state index in [9.17, 15) is 9.59 Å². The maximum atomic E-state index is 12.0. The number of anilines is 1. The van der Waals surface area contributed by atoms with E-state index in [2.05, 4.69) is 36.6 Å². The maximum Gasteiger partial charge on any atom is 0.283 e. The Labute approximate surface area is 133 Å². The van der Waals surface area contributed by atoms with E-state index in [0.717, 1.165) is 10.2 Å². The molecule has 8 nitrogen and oxygen atoms in total. The van der Waals surface area contributed by atoms with E-state index in [-0.39, 0.29) is 22.6 Å². The average Bonchev–Trinajstić information content (AvgIpc) is 2.54. The summed E-state index contributed by atoms with van der Waals surface area (Å²) in [6, 6.07) is 3.56. The summed E-state index contributed by atoms with van der Waals surface area (Å²) in [5, 5.41) is 17.4. The van der Waals surface area contributed by atoms with Gasteiger partial charge in [0.05, 0.1) is 11.9 Å². The van der Waals surface area contributed by atoms with Gasteiger partial charge in [-0.25, -0.2) is 4.68 Å². The maximum absolute atomic E-state index is 12.0. The number of nitriles is 1. The van der Waals surface area contributed by atoms with Crippen LogP contribution in [0.4, 0.5) is 5.69 Å². The second kappa shape index (κ2) is 7.33. The van der Waals surface area contributed by atoms with Crippen LogP contribution in [0.25, 0.3) is 0 Å². The molecule has 2 aromatic rings. The van der Waals surface area contributed by atoms with E-state index in [0.29, 0.717) is 6.54 Å². The molecule has 9 heteroatoms. The van der Waals surface area contributed by atoms with Crippen molar-refractivity contribution in [2.75, 3.05) is 5.32 Å². The normalized spacial score (nSPS) is 9.82. The highest BCUT2D eigenvalue weighted by molar-refractivity contribution is 9.10. The molecule has 2 aromatic heterocycles. The molecular formula is C13H11BrN6O2. The zero-order valence-electron chi connectivity index (χ0n) is 11.3. The van der Waals surface area contributed by atoms with Gasteiger partial charge in [0.15, 0.2) is 6.19 Å². The van der Waals surface area contributed by atoms with Crippen molar-refractivity contribution in [2.24, 2.45) is 0 Å². The van der Waals surface area contributed by atoms with Crippen LogP contribution < -0.4 is 16.2 Å². The molecule has 2 heterocycles. The predicted molar refractivity (Wildman–Crippen MR) is 81.5 cm³/mol. The van der Waals surface area contributed by atoms with Crippen LogP contribution in [0.1, 0.15) is 5.56 Å². The summed E-state index contributed by atoms with van der Waals surface area (Å²) < 4.78 is 1.15. The lowest BCUT2D eigenvalue weighted by Gasteiger charge is -2.08. The Morgan fingerprint density at radius 2 is 2.14 bits per heavy atom. The van der Waals surface area contributed by atoms with Crippen LogP contribution in [-0.2, 0) is 17.9 Å². The Morgan fingerprint density at radius 1 is 1.41 bits per heavy atom. The fourth-order valence-electron chi connectivity index (χ4n) is 1.62. The fraction of sp³-hybridized carbons (Fsp3) is 0.154. The van der Waals surface area contributed by atoms with Gasteiger partial charge in [0.25, 0.3) is 5.56 Å². The number of aromatic nitrogens is 3. The molecule has 0 spiro atoms. The summed E-state index contributed by atoms with van der Waals surface area (Å²) in [5.74, 6) is -0.348. The SMILES string of the molecule is N#CNc1cnn(CC(=O)NCc2ccncc2)c(=O)c1Br. The van der Waals surface area contributed by atoms with Crippen molar-refractivity contribution in [3.8, 4) is 6.19 Å². The van der Waals surface area contributed by atoms with E-state index in [1.807, 2.05) is 0 Å². The molecule has 2 N–H and O–H groups in total. The van der Waals surface area contributed by atoms with Gasteiger partial charge in [-0.2, -0.15) is 10.4 Å². The summed E-state index contributed by atoms with van der Waals surface area (Å²) >= 11 is 3.07. The van der Waals surface area contributed by atoms with Gasteiger partial charge in [0.2, 0.25) is 5.91 Å². The van der Waals surface area contributed by atoms with Gasteiger partial charge in [-0.1, -0.05) is 0 Å². The topological polar surface area (TPSA) is 113 Å². The lowest BCUT2D eigenvalue weighted by atomic mass is 10.3. The highest BCUT2D eigenvalue weighted by Gasteiger charge is 2.11. The van der Waals surface area contributed by atoms with Crippen molar-refractivity contribution in [1.82, 2.24) is 20.1 Å². The monoisotopic (exact) mass is 362 g/mol. The fourth-order valence-corrected chi connectivity index (χ4v) is 2.02. The third-order valence-corrected chi connectivity index (χ3v) is 3.47. The molecule has 0 aliphatic heterocycles. The molecule has 2 rings (SSSR count). The van der Waals surface area contributed by atoms with Crippen molar-refractivity contribution in [1.29, 1.82) is 5.26 Å². The quantitative estimate of drug-likeness (QED) is 0.595. The van der Waals surface area contributed by atoms with Gasteiger partial charge in [-0.15, -0.1) is 0 Å². The first kappa shape index (κ1) is 15.7. The average molecular weight is 363 g/mol. The third kappa shape index (κ3) is 3.89. The molecule has 0 unspecified atom stereocenters. The smallest absolute Gasteiger partial charge is 0.283 e. The standard InChI is InChI=1S/C13H11BrN6O2/c14-12-10(18-8-15)6-19-20(13(12)22)7-11(21)17-5-9-1-3-16-4-2-9/h1-4,6,18H,5,7H2,(H,17,21). The third-order valence-electron chi connectivity index (χ3n) is 2.71. The molecule has 1 amide bonds. The minimum atomic E-state index is -0.501. The molecule has 22 heavy (non-hydrogen) atoms. The summed E-state index contributed by atoms with van der Waals surface area (Å²) in [4.78, 5) is 27.7. The molecule has 0 aromatic carbocycles. The highest BCUT2D eigenvalue weighted by Crippen LogP contribution is 2.15. The number of nitrogens with one attached hydrogen (secondary N) is 2. The van der Waals surface area contributed by atoms with Crippen molar-refractivity contribution in [2.45, 2.75) is 13.1 Å². The molecule has 0 aliphatic carbocycles. The molecule has 0 aliphatic rings. The van der Waals surface area contributed by atoms with E-state index >= 15 is 0 Å². The number of halogens is 1. The van der Waals surface area contributed by atoms with Crippen LogP contribution >= 0.6 is 15.9 Å². The van der Waals surface area contributed by atoms with Crippen LogP contribution in [0.2, 0.25) is 0 Å². The summed E-state index contributed by atoms with van der Waals surface area (Å²) in [7, 11) is 0. The van der Waals surface area contributed by atoms with Crippen molar-refractivity contribution < 1.29 is 4.79 Å². The molecule has 0 saturated heterocycles. The Balaban J connectivity index is 2.02. The van der Waals surface area contributed by atoms with Gasteiger partial charge >= 0.3 is 0 Å². The largest absolute Gasteiger partial charge is 0.350 e. The summed E-state index contributed by atoms with van der Waals surface area (Å²) in [6.45, 7) is 0.126. The van der Waals surface area contributed by atoms with Crippen LogP contribution in [0.15, 0.2) is 40.0 Å². The number of rotatable bonds is 5. The number of pyridine rings is 1. The van der Waals surface area contributed by atoms with Crippen molar-refractivity contribution in [3.05, 3.63) is 51.1 Å². The Hall–Kier alpha value is -2.73. The van der Waals surface area contributed by atoms with Gasteiger partial charge < -0.3 is 5.32 Å². The van der Waals surface area contributed by atoms with E-state index in [1.54, 1.807) is 30.7 Å². The zero-order chi connectivity index (χ0) is 15.9.